The fourth-order valence-corrected chi connectivity index (χ4v) is 4.48. The van der Waals surface area contributed by atoms with Crippen LogP contribution in [0.1, 0.15) is 76.2 Å². The van der Waals surface area contributed by atoms with Crippen LogP contribution in [0.4, 0.5) is 0 Å². The van der Waals surface area contributed by atoms with Gasteiger partial charge in [-0.25, -0.2) is 4.79 Å². The Bertz CT molecular complexity index is 837. The van der Waals surface area contributed by atoms with Crippen molar-refractivity contribution in [3.8, 4) is 0 Å². The molecule has 4 rings (SSSR count). The minimum Gasteiger partial charge on any atom is -0.457 e. The van der Waals surface area contributed by atoms with Crippen LogP contribution < -0.4 is 0 Å². The number of carbonyl (C=O) groups is 2. The topological polar surface area (TPSA) is 59.2 Å². The summed E-state index contributed by atoms with van der Waals surface area (Å²) in [6, 6.07) is 10.1. The number of H-pyrrole nitrogens is 1. The summed E-state index contributed by atoms with van der Waals surface area (Å²) in [5.41, 5.74) is 3.94. The molecule has 2 aromatic rings. The molecule has 4 nitrogen and oxygen atoms in total. The summed E-state index contributed by atoms with van der Waals surface area (Å²) < 4.78 is 5.73. The Hall–Kier alpha value is -2.36. The molecule has 2 aliphatic rings. The van der Waals surface area contributed by atoms with Gasteiger partial charge in [-0.05, 0) is 55.6 Å². The monoisotopic (exact) mass is 351 g/mol. The van der Waals surface area contributed by atoms with Crippen LogP contribution in [-0.2, 0) is 11.2 Å². The van der Waals surface area contributed by atoms with Crippen molar-refractivity contribution >= 4 is 11.8 Å². The molecule has 1 fully saturated rings. The summed E-state index contributed by atoms with van der Waals surface area (Å²) in [5.74, 6) is 0.364. The number of fused-ring (bicyclic) bond motifs is 1. The van der Waals surface area contributed by atoms with Crippen molar-refractivity contribution in [2.24, 2.45) is 5.92 Å². The molecule has 0 bridgehead atoms. The molecule has 4 heteroatoms. The third-order valence-electron chi connectivity index (χ3n) is 6.01. The Balaban J connectivity index is 1.59. The zero-order chi connectivity index (χ0) is 18.3. The van der Waals surface area contributed by atoms with E-state index in [-0.39, 0.29) is 23.8 Å². The summed E-state index contributed by atoms with van der Waals surface area (Å²) in [4.78, 5) is 28.7. The molecule has 1 N–H and O–H groups in total. The molecule has 0 radical (unpaired) electrons. The van der Waals surface area contributed by atoms with E-state index >= 15 is 0 Å². The van der Waals surface area contributed by atoms with Crippen LogP contribution in [0.3, 0.4) is 0 Å². The number of aromatic nitrogens is 1. The van der Waals surface area contributed by atoms with E-state index < -0.39 is 0 Å². The van der Waals surface area contributed by atoms with E-state index in [1.807, 2.05) is 25.1 Å². The van der Waals surface area contributed by atoms with Crippen molar-refractivity contribution in [2.45, 2.75) is 58.0 Å². The molecule has 0 aliphatic heterocycles. The largest absolute Gasteiger partial charge is 0.457 e. The minimum absolute atomic E-state index is 0.00463. The highest BCUT2D eigenvalue weighted by Crippen LogP contribution is 2.35. The zero-order valence-electron chi connectivity index (χ0n) is 15.4. The summed E-state index contributed by atoms with van der Waals surface area (Å²) in [7, 11) is 0. The maximum atomic E-state index is 12.8. The van der Waals surface area contributed by atoms with E-state index in [4.69, 9.17) is 4.74 Å². The number of benzene rings is 1. The number of esters is 1. The molecule has 26 heavy (non-hydrogen) atoms. The third-order valence-corrected chi connectivity index (χ3v) is 6.01. The van der Waals surface area contributed by atoms with Crippen molar-refractivity contribution in [3.63, 3.8) is 0 Å². The average molecular weight is 351 g/mol. The molecular formula is C22H25NO3. The first-order chi connectivity index (χ1) is 12.5. The lowest BCUT2D eigenvalue weighted by Gasteiger charge is -2.22. The second-order valence-electron chi connectivity index (χ2n) is 7.77. The molecule has 1 saturated carbocycles. The van der Waals surface area contributed by atoms with Crippen LogP contribution in [-0.4, -0.2) is 22.8 Å². The van der Waals surface area contributed by atoms with Crippen LogP contribution in [0.25, 0.3) is 0 Å². The maximum Gasteiger partial charge on any atom is 0.355 e. The van der Waals surface area contributed by atoms with Gasteiger partial charge in [-0.15, -0.1) is 0 Å². The number of ketones is 1. The number of hydrogen-bond donors (Lipinski definition) is 1. The van der Waals surface area contributed by atoms with Crippen LogP contribution in [0.15, 0.2) is 30.3 Å². The summed E-state index contributed by atoms with van der Waals surface area (Å²) in [6.07, 6.45) is 4.38. The van der Waals surface area contributed by atoms with Gasteiger partial charge in [0.05, 0.1) is 0 Å². The fourth-order valence-electron chi connectivity index (χ4n) is 4.48. The first kappa shape index (κ1) is 17.1. The predicted octanol–water partition coefficient (Wildman–Crippen LogP) is 4.58. The Labute approximate surface area is 154 Å². The molecule has 136 valence electrons. The molecule has 3 atom stereocenters. The van der Waals surface area contributed by atoms with Crippen LogP contribution in [0.2, 0.25) is 0 Å². The Morgan fingerprint density at radius 1 is 1.15 bits per heavy atom. The highest BCUT2D eigenvalue weighted by molar-refractivity contribution is 6.03. The fraction of sp³-hybridized carbons (Fsp3) is 0.455. The van der Waals surface area contributed by atoms with Crippen LogP contribution in [0.5, 0.6) is 0 Å². The van der Waals surface area contributed by atoms with Crippen LogP contribution in [0, 0.1) is 12.8 Å². The molecule has 0 spiro atoms. The highest BCUT2D eigenvalue weighted by atomic mass is 16.5. The number of carbonyl (C=O) groups excluding carboxylic acids is 2. The normalized spacial score (nSPS) is 25.2. The smallest absolute Gasteiger partial charge is 0.355 e. The first-order valence-electron chi connectivity index (χ1n) is 9.55. The average Bonchev–Trinajstić information content (AvgIpc) is 3.19. The van der Waals surface area contributed by atoms with Gasteiger partial charge < -0.3 is 9.72 Å². The van der Waals surface area contributed by atoms with Gasteiger partial charge in [-0.3, -0.25) is 4.79 Å². The van der Waals surface area contributed by atoms with Gasteiger partial charge in [-0.2, -0.15) is 0 Å². The van der Waals surface area contributed by atoms with E-state index in [1.165, 1.54) is 5.56 Å². The molecule has 2 aliphatic carbocycles. The standard InChI is InChI=1S/C22H25NO3/c1-13-7-6-10-19(13)26-22(25)21-14(2)20-17(23-21)11-16(12-18(20)24)15-8-4-3-5-9-15/h3-5,8-9,13,16,19,23H,6-7,10-12H2,1-2H3/t13-,16-,19+/m0/s1. The second kappa shape index (κ2) is 6.75. The number of nitrogens with one attached hydrogen (secondary N) is 1. The molecule has 1 heterocycles. The van der Waals surface area contributed by atoms with E-state index in [9.17, 15) is 9.59 Å². The van der Waals surface area contributed by atoms with Crippen molar-refractivity contribution in [2.75, 3.05) is 0 Å². The number of ether oxygens (including phenoxy) is 1. The lowest BCUT2D eigenvalue weighted by molar-refractivity contribution is 0.0219. The highest BCUT2D eigenvalue weighted by Gasteiger charge is 2.34. The van der Waals surface area contributed by atoms with E-state index in [0.29, 0.717) is 23.6 Å². The number of aromatic amines is 1. The van der Waals surface area contributed by atoms with E-state index in [1.54, 1.807) is 0 Å². The Morgan fingerprint density at radius 2 is 1.92 bits per heavy atom. The van der Waals surface area contributed by atoms with Crippen molar-refractivity contribution in [1.82, 2.24) is 4.98 Å². The molecule has 1 aromatic heterocycles. The van der Waals surface area contributed by atoms with Crippen molar-refractivity contribution < 1.29 is 14.3 Å². The number of rotatable bonds is 3. The maximum absolute atomic E-state index is 12.8. The molecular weight excluding hydrogens is 326 g/mol. The first-order valence-corrected chi connectivity index (χ1v) is 9.55. The Kier molecular flexibility index (Phi) is 4.43. The predicted molar refractivity (Wildman–Crippen MR) is 99.6 cm³/mol. The van der Waals surface area contributed by atoms with Gasteiger partial charge in [0.1, 0.15) is 11.8 Å². The summed E-state index contributed by atoms with van der Waals surface area (Å²) in [5, 5.41) is 0. The zero-order valence-corrected chi connectivity index (χ0v) is 15.4. The molecule has 1 aromatic carbocycles. The van der Waals surface area contributed by atoms with Crippen molar-refractivity contribution in [3.05, 3.63) is 58.4 Å². The lowest BCUT2D eigenvalue weighted by atomic mass is 9.81. The van der Waals surface area contributed by atoms with Crippen molar-refractivity contribution in [1.29, 1.82) is 0 Å². The minimum atomic E-state index is -0.320. The molecule has 0 unspecified atom stereocenters. The number of Topliss-reactive ketones (excluding diaryl/α,β-unsaturated/α-hetero) is 1. The van der Waals surface area contributed by atoms with Gasteiger partial charge in [0, 0.05) is 17.7 Å². The van der Waals surface area contributed by atoms with Gasteiger partial charge in [-0.1, -0.05) is 37.3 Å². The molecule has 0 amide bonds. The second-order valence-corrected chi connectivity index (χ2v) is 7.77. The SMILES string of the molecule is Cc1c(C(=O)O[C@@H]2CCC[C@@H]2C)[nH]c2c1C(=O)C[C@@H](c1ccccc1)C2. The van der Waals surface area contributed by atoms with Crippen LogP contribution >= 0.6 is 0 Å². The van der Waals surface area contributed by atoms with Gasteiger partial charge >= 0.3 is 5.97 Å². The van der Waals surface area contributed by atoms with E-state index in [2.05, 4.69) is 24.0 Å². The van der Waals surface area contributed by atoms with E-state index in [0.717, 1.165) is 36.9 Å². The van der Waals surface area contributed by atoms with Gasteiger partial charge in [0.2, 0.25) is 0 Å². The lowest BCUT2D eigenvalue weighted by Crippen LogP contribution is -2.21. The summed E-state index contributed by atoms with van der Waals surface area (Å²) in [6.45, 7) is 3.98. The molecule has 0 saturated heterocycles. The van der Waals surface area contributed by atoms with Gasteiger partial charge in [0.15, 0.2) is 5.78 Å². The summed E-state index contributed by atoms with van der Waals surface area (Å²) >= 11 is 0. The Morgan fingerprint density at radius 3 is 2.62 bits per heavy atom. The van der Waals surface area contributed by atoms with Gasteiger partial charge in [0.25, 0.3) is 0 Å². The third kappa shape index (κ3) is 2.98. The number of hydrogen-bond acceptors (Lipinski definition) is 3. The quantitative estimate of drug-likeness (QED) is 0.823.